The van der Waals surface area contributed by atoms with Gasteiger partial charge in [-0.05, 0) is 17.7 Å². The number of methoxy groups -OCH3 is 1. The summed E-state index contributed by atoms with van der Waals surface area (Å²) < 4.78 is 10.4. The molecule has 0 aliphatic rings. The minimum absolute atomic E-state index is 0.601. The van der Waals surface area contributed by atoms with Crippen molar-refractivity contribution in [2.45, 2.75) is 19.3 Å². The molecule has 2 aromatic heterocycles. The van der Waals surface area contributed by atoms with E-state index >= 15 is 0 Å². The molecule has 0 amide bonds. The molecule has 7 nitrogen and oxygen atoms in total. The van der Waals surface area contributed by atoms with Gasteiger partial charge in [0.1, 0.15) is 17.9 Å². The topological polar surface area (TPSA) is 89.7 Å². The fourth-order valence-corrected chi connectivity index (χ4v) is 2.01. The lowest BCUT2D eigenvalue weighted by atomic mass is 10.1. The maximum atomic E-state index is 5.24. The minimum atomic E-state index is 0.601. The van der Waals surface area contributed by atoms with Gasteiger partial charge in [0, 0.05) is 19.3 Å². The molecule has 0 aliphatic heterocycles. The average molecular weight is 285 g/mol. The Bertz CT molecular complexity index is 693. The lowest BCUT2D eigenvalue weighted by Crippen LogP contribution is -1.95. The number of H-pyrrole nitrogens is 1. The number of rotatable bonds is 6. The van der Waals surface area contributed by atoms with Crippen LogP contribution in [-0.2, 0) is 19.3 Å². The number of benzene rings is 1. The summed E-state index contributed by atoms with van der Waals surface area (Å²) in [6, 6.07) is 7.82. The predicted molar refractivity (Wildman–Crippen MR) is 73.9 cm³/mol. The molecule has 3 aromatic rings. The number of hydrogen-bond donors (Lipinski definition) is 1. The summed E-state index contributed by atoms with van der Waals surface area (Å²) in [5, 5.41) is 10.6. The summed E-state index contributed by atoms with van der Waals surface area (Å²) in [4.78, 5) is 8.43. The first kappa shape index (κ1) is 13.3. The van der Waals surface area contributed by atoms with E-state index in [0.717, 1.165) is 17.1 Å². The molecule has 1 N–H and O–H groups in total. The van der Waals surface area contributed by atoms with Crippen LogP contribution in [0.1, 0.15) is 23.1 Å². The van der Waals surface area contributed by atoms with E-state index in [1.165, 1.54) is 6.33 Å². The Morgan fingerprint density at radius 1 is 1.29 bits per heavy atom. The Morgan fingerprint density at radius 2 is 2.24 bits per heavy atom. The molecule has 7 heteroatoms. The molecule has 0 radical (unpaired) electrons. The van der Waals surface area contributed by atoms with Crippen LogP contribution in [0.2, 0.25) is 0 Å². The van der Waals surface area contributed by atoms with E-state index in [2.05, 4.69) is 25.3 Å². The second kappa shape index (κ2) is 6.17. The van der Waals surface area contributed by atoms with Gasteiger partial charge in [0.05, 0.1) is 7.11 Å². The number of ether oxygens (including phenoxy) is 1. The van der Waals surface area contributed by atoms with Gasteiger partial charge in [-0.3, -0.25) is 5.10 Å². The van der Waals surface area contributed by atoms with E-state index in [9.17, 15) is 0 Å². The molecular formula is C14H15N5O2. The van der Waals surface area contributed by atoms with Crippen LogP contribution in [0, 0.1) is 0 Å². The predicted octanol–water partition coefficient (Wildman–Crippen LogP) is 1.57. The van der Waals surface area contributed by atoms with Gasteiger partial charge in [-0.2, -0.15) is 10.1 Å². The van der Waals surface area contributed by atoms with Crippen molar-refractivity contribution in [3.8, 4) is 5.75 Å². The van der Waals surface area contributed by atoms with E-state index in [1.807, 2.05) is 24.3 Å². The maximum Gasteiger partial charge on any atom is 0.227 e. The third kappa shape index (κ3) is 3.44. The molecule has 21 heavy (non-hydrogen) atoms. The molecule has 0 saturated carbocycles. The third-order valence-corrected chi connectivity index (χ3v) is 3.05. The fraction of sp³-hybridized carbons (Fsp3) is 0.286. The van der Waals surface area contributed by atoms with Crippen molar-refractivity contribution >= 4 is 0 Å². The monoisotopic (exact) mass is 285 g/mol. The molecular weight excluding hydrogens is 270 g/mol. The first-order valence-corrected chi connectivity index (χ1v) is 6.62. The molecule has 0 unspecified atom stereocenters. The van der Waals surface area contributed by atoms with Crippen molar-refractivity contribution in [1.29, 1.82) is 0 Å². The van der Waals surface area contributed by atoms with Crippen molar-refractivity contribution < 1.29 is 9.26 Å². The molecule has 0 atom stereocenters. The molecule has 1 aromatic carbocycles. The third-order valence-electron chi connectivity index (χ3n) is 3.05. The van der Waals surface area contributed by atoms with E-state index in [1.54, 1.807) is 7.11 Å². The molecule has 0 fully saturated rings. The van der Waals surface area contributed by atoms with Gasteiger partial charge in [0.2, 0.25) is 5.89 Å². The van der Waals surface area contributed by atoms with E-state index < -0.39 is 0 Å². The quantitative estimate of drug-likeness (QED) is 0.739. The number of aryl methyl sites for hydroxylation is 2. The number of aromatic nitrogens is 5. The van der Waals surface area contributed by atoms with Gasteiger partial charge >= 0.3 is 0 Å². The van der Waals surface area contributed by atoms with Crippen LogP contribution in [-0.4, -0.2) is 32.4 Å². The number of hydrogen-bond acceptors (Lipinski definition) is 6. The van der Waals surface area contributed by atoms with E-state index in [0.29, 0.717) is 31.0 Å². The second-order valence-electron chi connectivity index (χ2n) is 4.56. The van der Waals surface area contributed by atoms with Crippen molar-refractivity contribution in [2.24, 2.45) is 0 Å². The number of nitrogens with zero attached hydrogens (tertiary/aromatic N) is 4. The normalized spacial score (nSPS) is 10.7. The van der Waals surface area contributed by atoms with E-state index in [-0.39, 0.29) is 0 Å². The Hall–Kier alpha value is -2.70. The highest BCUT2D eigenvalue weighted by Crippen LogP contribution is 2.15. The Morgan fingerprint density at radius 3 is 3.05 bits per heavy atom. The zero-order chi connectivity index (χ0) is 14.5. The smallest absolute Gasteiger partial charge is 0.227 e. The highest BCUT2D eigenvalue weighted by atomic mass is 16.5. The summed E-state index contributed by atoms with van der Waals surface area (Å²) in [5.74, 6) is 2.89. The highest BCUT2D eigenvalue weighted by Gasteiger charge is 2.08. The largest absolute Gasteiger partial charge is 0.497 e. The first-order valence-electron chi connectivity index (χ1n) is 6.62. The lowest BCUT2D eigenvalue weighted by molar-refractivity contribution is 0.373. The Balaban J connectivity index is 1.61. The Kier molecular flexibility index (Phi) is 3.90. The van der Waals surface area contributed by atoms with Gasteiger partial charge < -0.3 is 9.26 Å². The number of aromatic amines is 1. The van der Waals surface area contributed by atoms with E-state index in [4.69, 9.17) is 9.26 Å². The summed E-state index contributed by atoms with van der Waals surface area (Å²) in [6.45, 7) is 0. The van der Waals surface area contributed by atoms with Crippen molar-refractivity contribution in [3.05, 3.63) is 53.7 Å². The van der Waals surface area contributed by atoms with Gasteiger partial charge in [-0.25, -0.2) is 4.98 Å². The zero-order valence-corrected chi connectivity index (χ0v) is 11.6. The summed E-state index contributed by atoms with van der Waals surface area (Å²) in [6.07, 6.45) is 3.43. The van der Waals surface area contributed by atoms with Crippen molar-refractivity contribution in [3.63, 3.8) is 0 Å². The zero-order valence-electron chi connectivity index (χ0n) is 11.6. The molecule has 0 spiro atoms. The molecule has 3 rings (SSSR count). The second-order valence-corrected chi connectivity index (χ2v) is 4.56. The van der Waals surface area contributed by atoms with Crippen LogP contribution in [0.3, 0.4) is 0 Å². The van der Waals surface area contributed by atoms with Crippen LogP contribution in [0.4, 0.5) is 0 Å². The molecule has 0 aliphatic carbocycles. The van der Waals surface area contributed by atoms with Gasteiger partial charge in [-0.15, -0.1) is 0 Å². The summed E-state index contributed by atoms with van der Waals surface area (Å²) in [5.41, 5.74) is 1.08. The SMILES string of the molecule is COc1cccc(Cc2noc(CCc3ncn[nH]3)n2)c1. The van der Waals surface area contributed by atoms with Gasteiger partial charge in [0.15, 0.2) is 5.82 Å². The maximum absolute atomic E-state index is 5.24. The van der Waals surface area contributed by atoms with Crippen molar-refractivity contribution in [2.75, 3.05) is 7.11 Å². The van der Waals surface area contributed by atoms with Crippen LogP contribution < -0.4 is 4.74 Å². The fourth-order valence-electron chi connectivity index (χ4n) is 2.01. The summed E-state index contributed by atoms with van der Waals surface area (Å²) >= 11 is 0. The molecule has 0 saturated heterocycles. The van der Waals surface area contributed by atoms with Crippen molar-refractivity contribution in [1.82, 2.24) is 25.3 Å². The highest BCUT2D eigenvalue weighted by molar-refractivity contribution is 5.30. The Labute approximate surface area is 121 Å². The number of nitrogens with one attached hydrogen (secondary N) is 1. The van der Waals surface area contributed by atoms with Gasteiger partial charge in [-0.1, -0.05) is 17.3 Å². The van der Waals surface area contributed by atoms with Gasteiger partial charge in [0.25, 0.3) is 0 Å². The summed E-state index contributed by atoms with van der Waals surface area (Å²) in [7, 11) is 1.65. The molecule has 0 bridgehead atoms. The minimum Gasteiger partial charge on any atom is -0.497 e. The van der Waals surface area contributed by atoms with Crippen LogP contribution in [0.25, 0.3) is 0 Å². The average Bonchev–Trinajstić information content (AvgIpc) is 3.17. The lowest BCUT2D eigenvalue weighted by Gasteiger charge is -2.01. The molecule has 108 valence electrons. The standard InChI is InChI=1S/C14H15N5O2/c1-20-11-4-2-3-10(7-11)8-13-17-14(21-19-13)6-5-12-15-9-16-18-12/h2-4,7,9H,5-6,8H2,1H3,(H,15,16,18). The first-order chi connectivity index (χ1) is 10.3. The van der Waals surface area contributed by atoms with Crippen LogP contribution in [0.15, 0.2) is 35.1 Å². The molecule has 2 heterocycles. The van der Waals surface area contributed by atoms with Crippen LogP contribution >= 0.6 is 0 Å². The van der Waals surface area contributed by atoms with Crippen LogP contribution in [0.5, 0.6) is 5.75 Å².